The number of rotatable bonds is 4. The molecule has 0 aliphatic heterocycles. The van der Waals surface area contributed by atoms with Crippen LogP contribution in [0.2, 0.25) is 0 Å². The van der Waals surface area contributed by atoms with Gasteiger partial charge < -0.3 is 11.5 Å². The highest BCUT2D eigenvalue weighted by molar-refractivity contribution is 14.1. The summed E-state index contributed by atoms with van der Waals surface area (Å²) in [5.74, 6) is 0. The van der Waals surface area contributed by atoms with Gasteiger partial charge in [-0.2, -0.15) is 0 Å². The molecule has 0 fully saturated rings. The van der Waals surface area contributed by atoms with E-state index in [9.17, 15) is 0 Å². The molecule has 0 bridgehead atoms. The van der Waals surface area contributed by atoms with Gasteiger partial charge in [0.15, 0.2) is 0 Å². The Balaban J connectivity index is 2.65. The average molecular weight is 290 g/mol. The van der Waals surface area contributed by atoms with Crippen molar-refractivity contribution in [3.8, 4) is 0 Å². The Bertz CT molecular complexity index is 263. The zero-order valence-corrected chi connectivity index (χ0v) is 9.70. The zero-order valence-electron chi connectivity index (χ0n) is 7.54. The maximum absolute atomic E-state index is 6.02. The minimum atomic E-state index is 0.136. The lowest BCUT2D eigenvalue weighted by molar-refractivity contribution is 0.616. The van der Waals surface area contributed by atoms with E-state index in [1.54, 1.807) is 0 Å². The zero-order chi connectivity index (χ0) is 9.68. The van der Waals surface area contributed by atoms with Gasteiger partial charge in [0.25, 0.3) is 0 Å². The quantitative estimate of drug-likeness (QED) is 0.834. The predicted octanol–water partition coefficient (Wildman–Crippen LogP) is 2.03. The largest absolute Gasteiger partial charge is 0.330 e. The van der Waals surface area contributed by atoms with Crippen LogP contribution in [0.5, 0.6) is 0 Å². The molecule has 2 nitrogen and oxygen atoms in total. The smallest absolute Gasteiger partial charge is 0.0305 e. The lowest BCUT2D eigenvalue weighted by atomic mass is 10.0. The molecule has 0 radical (unpaired) electrons. The topological polar surface area (TPSA) is 52.0 Å². The van der Waals surface area contributed by atoms with E-state index >= 15 is 0 Å². The normalized spacial score (nSPS) is 12.8. The number of nitrogens with two attached hydrogens (primary N) is 2. The Morgan fingerprint density at radius 2 is 2.00 bits per heavy atom. The fraction of sp³-hybridized carbons (Fsp3) is 0.400. The van der Waals surface area contributed by atoms with Gasteiger partial charge in [-0.1, -0.05) is 18.2 Å². The Hall–Kier alpha value is -0.130. The molecular formula is C10H15IN2. The molecule has 0 aliphatic rings. The molecule has 1 aromatic rings. The SMILES string of the molecule is NCCC[C@@H](N)c1ccccc1I. The summed E-state index contributed by atoms with van der Waals surface area (Å²) in [5, 5.41) is 0. The molecule has 72 valence electrons. The van der Waals surface area contributed by atoms with Crippen LogP contribution < -0.4 is 11.5 Å². The first kappa shape index (κ1) is 10.9. The van der Waals surface area contributed by atoms with Gasteiger partial charge in [-0.05, 0) is 53.6 Å². The summed E-state index contributed by atoms with van der Waals surface area (Å²) in [6.45, 7) is 0.719. The summed E-state index contributed by atoms with van der Waals surface area (Å²) < 4.78 is 1.24. The highest BCUT2D eigenvalue weighted by Crippen LogP contribution is 2.20. The highest BCUT2D eigenvalue weighted by Gasteiger charge is 2.07. The lowest BCUT2D eigenvalue weighted by Gasteiger charge is -2.12. The van der Waals surface area contributed by atoms with Crippen molar-refractivity contribution in [1.29, 1.82) is 0 Å². The standard InChI is InChI=1S/C10H15IN2/c11-9-5-2-1-4-8(9)10(13)6-3-7-12/h1-2,4-5,10H,3,6-7,12-13H2/t10-/m1/s1. The first-order valence-corrected chi connectivity index (χ1v) is 5.53. The first-order chi connectivity index (χ1) is 6.25. The van der Waals surface area contributed by atoms with E-state index in [-0.39, 0.29) is 6.04 Å². The maximum Gasteiger partial charge on any atom is 0.0305 e. The summed E-state index contributed by atoms with van der Waals surface area (Å²) in [6, 6.07) is 8.36. The summed E-state index contributed by atoms with van der Waals surface area (Å²) >= 11 is 2.32. The third-order valence-electron chi connectivity index (χ3n) is 2.02. The number of halogens is 1. The van der Waals surface area contributed by atoms with Crippen LogP contribution in [-0.4, -0.2) is 6.54 Å². The summed E-state index contributed by atoms with van der Waals surface area (Å²) in [6.07, 6.45) is 1.96. The van der Waals surface area contributed by atoms with E-state index in [4.69, 9.17) is 11.5 Å². The van der Waals surface area contributed by atoms with Crippen LogP contribution in [0.15, 0.2) is 24.3 Å². The van der Waals surface area contributed by atoms with Crippen molar-refractivity contribution < 1.29 is 0 Å². The van der Waals surface area contributed by atoms with E-state index in [2.05, 4.69) is 34.7 Å². The summed E-state index contributed by atoms with van der Waals surface area (Å²) in [4.78, 5) is 0. The maximum atomic E-state index is 6.02. The minimum absolute atomic E-state index is 0.136. The lowest BCUT2D eigenvalue weighted by Crippen LogP contribution is -2.13. The molecule has 0 saturated carbocycles. The molecule has 0 heterocycles. The average Bonchev–Trinajstić information content (AvgIpc) is 2.15. The molecule has 0 spiro atoms. The van der Waals surface area contributed by atoms with Crippen LogP contribution in [0.25, 0.3) is 0 Å². The number of hydrogen-bond acceptors (Lipinski definition) is 2. The van der Waals surface area contributed by atoms with E-state index in [1.807, 2.05) is 12.1 Å². The molecule has 4 N–H and O–H groups in total. The van der Waals surface area contributed by atoms with Crippen molar-refractivity contribution in [3.05, 3.63) is 33.4 Å². The van der Waals surface area contributed by atoms with Crippen molar-refractivity contribution >= 4 is 22.6 Å². The Morgan fingerprint density at radius 3 is 2.62 bits per heavy atom. The molecule has 13 heavy (non-hydrogen) atoms. The van der Waals surface area contributed by atoms with Crippen molar-refractivity contribution in [2.24, 2.45) is 11.5 Å². The molecule has 0 saturated heterocycles. The fourth-order valence-electron chi connectivity index (χ4n) is 1.27. The highest BCUT2D eigenvalue weighted by atomic mass is 127. The van der Waals surface area contributed by atoms with Gasteiger partial charge in [0.2, 0.25) is 0 Å². The van der Waals surface area contributed by atoms with Gasteiger partial charge in [-0.15, -0.1) is 0 Å². The van der Waals surface area contributed by atoms with Crippen LogP contribution in [0.4, 0.5) is 0 Å². The third kappa shape index (κ3) is 3.25. The van der Waals surface area contributed by atoms with E-state index < -0.39 is 0 Å². The second-order valence-corrected chi connectivity index (χ2v) is 4.22. The number of benzene rings is 1. The van der Waals surface area contributed by atoms with Crippen LogP contribution in [0.1, 0.15) is 24.4 Å². The molecule has 1 aromatic carbocycles. The molecule has 1 rings (SSSR count). The number of hydrogen-bond donors (Lipinski definition) is 2. The molecule has 3 heteroatoms. The van der Waals surface area contributed by atoms with Gasteiger partial charge >= 0.3 is 0 Å². The summed E-state index contributed by atoms with van der Waals surface area (Å²) in [5.41, 5.74) is 12.7. The van der Waals surface area contributed by atoms with Gasteiger partial charge in [-0.25, -0.2) is 0 Å². The van der Waals surface area contributed by atoms with Gasteiger partial charge in [0.05, 0.1) is 0 Å². The van der Waals surface area contributed by atoms with Gasteiger partial charge in [0.1, 0.15) is 0 Å². The van der Waals surface area contributed by atoms with E-state index in [1.165, 1.54) is 9.13 Å². The molecule has 0 aromatic heterocycles. The molecule has 1 atom stereocenters. The van der Waals surface area contributed by atoms with Crippen molar-refractivity contribution in [1.82, 2.24) is 0 Å². The molecule has 0 amide bonds. The minimum Gasteiger partial charge on any atom is -0.330 e. The van der Waals surface area contributed by atoms with E-state index in [0.717, 1.165) is 19.4 Å². The van der Waals surface area contributed by atoms with Crippen LogP contribution in [0.3, 0.4) is 0 Å². The molecule has 0 unspecified atom stereocenters. The van der Waals surface area contributed by atoms with Gasteiger partial charge in [0, 0.05) is 9.61 Å². The van der Waals surface area contributed by atoms with Crippen LogP contribution >= 0.6 is 22.6 Å². The van der Waals surface area contributed by atoms with Crippen molar-refractivity contribution in [3.63, 3.8) is 0 Å². The van der Waals surface area contributed by atoms with Crippen molar-refractivity contribution in [2.45, 2.75) is 18.9 Å². The summed E-state index contributed by atoms with van der Waals surface area (Å²) in [7, 11) is 0. The Morgan fingerprint density at radius 1 is 1.31 bits per heavy atom. The van der Waals surface area contributed by atoms with Crippen LogP contribution in [0, 0.1) is 3.57 Å². The van der Waals surface area contributed by atoms with E-state index in [0.29, 0.717) is 0 Å². The molecular weight excluding hydrogens is 275 g/mol. The fourth-order valence-corrected chi connectivity index (χ4v) is 2.06. The second kappa shape index (κ2) is 5.57. The van der Waals surface area contributed by atoms with Crippen LogP contribution in [-0.2, 0) is 0 Å². The Kier molecular flexibility index (Phi) is 4.69. The molecule has 0 aliphatic carbocycles. The second-order valence-electron chi connectivity index (χ2n) is 3.06. The van der Waals surface area contributed by atoms with Gasteiger partial charge in [-0.3, -0.25) is 0 Å². The monoisotopic (exact) mass is 290 g/mol. The third-order valence-corrected chi connectivity index (χ3v) is 3.01. The first-order valence-electron chi connectivity index (χ1n) is 4.45. The Labute approximate surface area is 92.8 Å². The predicted molar refractivity (Wildman–Crippen MR) is 64.4 cm³/mol. The van der Waals surface area contributed by atoms with Crippen molar-refractivity contribution in [2.75, 3.05) is 6.54 Å².